The van der Waals surface area contributed by atoms with E-state index < -0.39 is 10.8 Å². The van der Waals surface area contributed by atoms with Crippen LogP contribution in [0.3, 0.4) is 0 Å². The van der Waals surface area contributed by atoms with Crippen LogP contribution in [0.25, 0.3) is 11.5 Å². The van der Waals surface area contributed by atoms with Crippen molar-refractivity contribution < 1.29 is 13.6 Å². The number of hydrogen-bond donors (Lipinski definition) is 1. The second kappa shape index (κ2) is 7.09. The number of amides is 1. The molecule has 128 valence electrons. The van der Waals surface area contributed by atoms with E-state index in [1.54, 1.807) is 33.1 Å². The van der Waals surface area contributed by atoms with E-state index in [9.17, 15) is 10.1 Å². The minimum atomic E-state index is -0.917. The third-order valence-electron chi connectivity index (χ3n) is 3.91. The molecule has 0 aliphatic carbocycles. The highest BCUT2D eigenvalue weighted by molar-refractivity contribution is 8.00. The molecule has 0 saturated heterocycles. The lowest BCUT2D eigenvalue weighted by Gasteiger charge is -2.28. The minimum Gasteiger partial charge on any atom is -0.469 e. The molecular formula is C16H20N4O3S. The maximum atomic E-state index is 12.3. The summed E-state index contributed by atoms with van der Waals surface area (Å²) in [6.45, 7) is 9.01. The molecule has 8 heteroatoms. The zero-order valence-corrected chi connectivity index (χ0v) is 15.1. The second-order valence-corrected chi connectivity index (χ2v) is 7.27. The highest BCUT2D eigenvalue weighted by Crippen LogP contribution is 2.28. The van der Waals surface area contributed by atoms with Gasteiger partial charge >= 0.3 is 0 Å². The highest BCUT2D eigenvalue weighted by atomic mass is 32.2. The topological polar surface area (TPSA) is 105 Å². The number of thioether (sulfide) groups is 1. The van der Waals surface area contributed by atoms with Gasteiger partial charge in [-0.25, -0.2) is 0 Å². The molecule has 0 unspecified atom stereocenters. The first-order chi connectivity index (χ1) is 11.3. The zero-order valence-electron chi connectivity index (χ0n) is 14.3. The summed E-state index contributed by atoms with van der Waals surface area (Å²) < 4.78 is 10.8. The largest absolute Gasteiger partial charge is 0.469 e. The van der Waals surface area contributed by atoms with Crippen molar-refractivity contribution in [3.05, 3.63) is 18.1 Å². The first-order valence-corrected chi connectivity index (χ1v) is 8.42. The molecule has 0 spiro atoms. The van der Waals surface area contributed by atoms with Crippen molar-refractivity contribution >= 4 is 17.7 Å². The van der Waals surface area contributed by atoms with E-state index in [1.807, 2.05) is 13.8 Å². The lowest BCUT2D eigenvalue weighted by molar-refractivity contribution is -0.121. The normalized spacial score (nSPS) is 14.9. The first-order valence-electron chi connectivity index (χ1n) is 7.54. The molecule has 2 rings (SSSR count). The Labute approximate surface area is 144 Å². The Morgan fingerprint density at radius 1 is 1.42 bits per heavy atom. The standard InChI is InChI=1S/C16H20N4O3S/c1-9(2)16(5,8-17)18-13(21)11(4)24-15-20-19-14(23-15)12-6-7-22-10(12)3/h6-7,9,11H,1-5H3,(H,18,21)/t11-,16-/m1/s1. The van der Waals surface area contributed by atoms with E-state index in [1.165, 1.54) is 0 Å². The van der Waals surface area contributed by atoms with Gasteiger partial charge in [0, 0.05) is 0 Å². The number of carbonyl (C=O) groups is 1. The van der Waals surface area contributed by atoms with Crippen LogP contribution in [-0.4, -0.2) is 26.9 Å². The number of rotatable bonds is 6. The fourth-order valence-electron chi connectivity index (χ4n) is 1.84. The molecule has 0 aliphatic rings. The van der Waals surface area contributed by atoms with Crippen LogP contribution in [0.4, 0.5) is 0 Å². The van der Waals surface area contributed by atoms with Gasteiger partial charge in [-0.05, 0) is 32.8 Å². The van der Waals surface area contributed by atoms with Gasteiger partial charge in [0.25, 0.3) is 11.1 Å². The molecule has 2 atom stereocenters. The van der Waals surface area contributed by atoms with Gasteiger partial charge in [0.1, 0.15) is 11.3 Å². The summed E-state index contributed by atoms with van der Waals surface area (Å²) in [5.41, 5.74) is -0.192. The van der Waals surface area contributed by atoms with E-state index >= 15 is 0 Å². The Morgan fingerprint density at radius 3 is 2.67 bits per heavy atom. The molecule has 1 amide bonds. The SMILES string of the molecule is Cc1occc1-c1nnc(S[C@H](C)C(=O)N[C@](C)(C#N)C(C)C)o1. The molecule has 24 heavy (non-hydrogen) atoms. The van der Waals surface area contributed by atoms with Gasteiger partial charge in [0.15, 0.2) is 0 Å². The van der Waals surface area contributed by atoms with Gasteiger partial charge < -0.3 is 14.2 Å². The molecule has 0 aromatic carbocycles. The summed E-state index contributed by atoms with van der Waals surface area (Å²) in [5, 5.41) is 19.8. The van der Waals surface area contributed by atoms with Crippen molar-refractivity contribution in [2.45, 2.75) is 50.6 Å². The van der Waals surface area contributed by atoms with Crippen LogP contribution in [0.2, 0.25) is 0 Å². The fourth-order valence-corrected chi connectivity index (χ4v) is 2.52. The molecule has 7 nitrogen and oxygen atoms in total. The summed E-state index contributed by atoms with van der Waals surface area (Å²) >= 11 is 1.15. The monoisotopic (exact) mass is 348 g/mol. The van der Waals surface area contributed by atoms with E-state index in [0.717, 1.165) is 17.3 Å². The summed E-state index contributed by atoms with van der Waals surface area (Å²) in [6.07, 6.45) is 1.55. The van der Waals surface area contributed by atoms with Crippen molar-refractivity contribution in [1.29, 1.82) is 5.26 Å². The van der Waals surface area contributed by atoms with Crippen molar-refractivity contribution in [1.82, 2.24) is 15.5 Å². The van der Waals surface area contributed by atoms with Crippen molar-refractivity contribution in [3.63, 3.8) is 0 Å². The quantitative estimate of drug-likeness (QED) is 0.799. The predicted molar refractivity (Wildman–Crippen MR) is 89.1 cm³/mol. The first kappa shape index (κ1) is 18.1. The molecule has 0 saturated carbocycles. The van der Waals surface area contributed by atoms with E-state index in [-0.39, 0.29) is 17.0 Å². The summed E-state index contributed by atoms with van der Waals surface area (Å²) in [4.78, 5) is 12.3. The maximum Gasteiger partial charge on any atom is 0.277 e. The van der Waals surface area contributed by atoms with Crippen LogP contribution in [0, 0.1) is 24.2 Å². The van der Waals surface area contributed by atoms with Gasteiger partial charge in [-0.3, -0.25) is 4.79 Å². The molecule has 1 N–H and O–H groups in total. The van der Waals surface area contributed by atoms with Crippen LogP contribution in [0.15, 0.2) is 26.4 Å². The van der Waals surface area contributed by atoms with Gasteiger partial charge in [0.05, 0.1) is 23.1 Å². The van der Waals surface area contributed by atoms with Gasteiger partial charge in [-0.2, -0.15) is 5.26 Å². The van der Waals surface area contributed by atoms with Crippen LogP contribution in [0.5, 0.6) is 0 Å². The van der Waals surface area contributed by atoms with E-state index in [0.29, 0.717) is 11.7 Å². The molecule has 0 fully saturated rings. The van der Waals surface area contributed by atoms with E-state index in [4.69, 9.17) is 8.83 Å². The Morgan fingerprint density at radius 2 is 2.12 bits per heavy atom. The van der Waals surface area contributed by atoms with Crippen molar-refractivity contribution in [2.75, 3.05) is 0 Å². The number of nitrogens with zero attached hydrogens (tertiary/aromatic N) is 3. The van der Waals surface area contributed by atoms with E-state index in [2.05, 4.69) is 21.6 Å². The third kappa shape index (κ3) is 3.79. The average molecular weight is 348 g/mol. The van der Waals surface area contributed by atoms with Gasteiger partial charge in [-0.15, -0.1) is 10.2 Å². The van der Waals surface area contributed by atoms with Crippen LogP contribution < -0.4 is 5.32 Å². The number of furan rings is 1. The lowest BCUT2D eigenvalue weighted by atomic mass is 9.90. The molecule has 0 radical (unpaired) electrons. The van der Waals surface area contributed by atoms with Crippen LogP contribution in [0.1, 0.15) is 33.5 Å². The Balaban J connectivity index is 2.04. The molecule has 2 heterocycles. The number of aryl methyl sites for hydroxylation is 1. The predicted octanol–water partition coefficient (Wildman–Crippen LogP) is 3.17. The van der Waals surface area contributed by atoms with Gasteiger partial charge in [-0.1, -0.05) is 25.6 Å². The number of nitriles is 1. The van der Waals surface area contributed by atoms with Crippen molar-refractivity contribution in [2.24, 2.45) is 5.92 Å². The summed E-state index contributed by atoms with van der Waals surface area (Å²) in [5.74, 6) is 0.767. The highest BCUT2D eigenvalue weighted by Gasteiger charge is 2.32. The Bertz CT molecular complexity index is 761. The molecular weight excluding hydrogens is 328 g/mol. The smallest absolute Gasteiger partial charge is 0.277 e. The molecule has 0 aliphatic heterocycles. The Kier molecular flexibility index (Phi) is 5.34. The van der Waals surface area contributed by atoms with Crippen molar-refractivity contribution in [3.8, 4) is 17.5 Å². The fraction of sp³-hybridized carbons (Fsp3) is 0.500. The molecule has 0 bridgehead atoms. The number of nitrogens with one attached hydrogen (secondary N) is 1. The maximum absolute atomic E-state index is 12.3. The number of carbonyl (C=O) groups excluding carboxylic acids is 1. The summed E-state index contributed by atoms with van der Waals surface area (Å²) in [7, 11) is 0. The van der Waals surface area contributed by atoms with Crippen LogP contribution in [-0.2, 0) is 4.79 Å². The number of aromatic nitrogens is 2. The number of hydrogen-bond acceptors (Lipinski definition) is 7. The second-order valence-electron chi connectivity index (χ2n) is 5.98. The molecule has 2 aromatic heterocycles. The average Bonchev–Trinajstić information content (AvgIpc) is 3.15. The third-order valence-corrected chi connectivity index (χ3v) is 4.85. The lowest BCUT2D eigenvalue weighted by Crippen LogP contribution is -2.51. The summed E-state index contributed by atoms with van der Waals surface area (Å²) in [6, 6.07) is 3.90. The van der Waals surface area contributed by atoms with Crippen LogP contribution >= 0.6 is 11.8 Å². The zero-order chi connectivity index (χ0) is 17.9. The molecule has 2 aromatic rings. The Hall–Kier alpha value is -2.27. The minimum absolute atomic E-state index is 0.0114. The van der Waals surface area contributed by atoms with Gasteiger partial charge in [0.2, 0.25) is 5.91 Å².